The highest BCUT2D eigenvalue weighted by atomic mass is 19.1. The quantitative estimate of drug-likeness (QED) is 0.584. The Morgan fingerprint density at radius 1 is 1.35 bits per heavy atom. The lowest BCUT2D eigenvalue weighted by atomic mass is 10.1. The minimum absolute atomic E-state index is 0.338. The second kappa shape index (κ2) is 8.48. The number of carbonyl (C=O) groups is 1. The second-order valence-electron chi connectivity index (χ2n) is 5.01. The van der Waals surface area contributed by atoms with Crippen molar-refractivity contribution in [2.24, 2.45) is 0 Å². The fourth-order valence-electron chi connectivity index (χ4n) is 2.05. The van der Waals surface area contributed by atoms with Crippen molar-refractivity contribution in [2.75, 3.05) is 13.6 Å². The van der Waals surface area contributed by atoms with Crippen LogP contribution < -0.4 is 0 Å². The number of halogens is 1. The molecule has 0 unspecified atom stereocenters. The van der Waals surface area contributed by atoms with E-state index in [0.29, 0.717) is 12.1 Å². The van der Waals surface area contributed by atoms with E-state index in [2.05, 4.69) is 11.8 Å². The summed E-state index contributed by atoms with van der Waals surface area (Å²) in [5, 5.41) is 8.59. The highest BCUT2D eigenvalue weighted by Crippen LogP contribution is 2.13. The lowest BCUT2D eigenvalue weighted by Gasteiger charge is -2.16. The van der Waals surface area contributed by atoms with Crippen LogP contribution in [0, 0.1) is 5.82 Å². The van der Waals surface area contributed by atoms with Gasteiger partial charge in [-0.25, -0.2) is 9.18 Å². The number of nitrogens with zero attached hydrogens (tertiary/aromatic N) is 1. The van der Waals surface area contributed by atoms with Gasteiger partial charge in [-0.3, -0.25) is 0 Å². The van der Waals surface area contributed by atoms with Gasteiger partial charge in [0.1, 0.15) is 5.82 Å². The summed E-state index contributed by atoms with van der Waals surface area (Å²) in [6.45, 7) is 3.80. The molecule has 1 rings (SSSR count). The van der Waals surface area contributed by atoms with Crippen LogP contribution in [-0.4, -0.2) is 29.6 Å². The highest BCUT2D eigenvalue weighted by molar-refractivity contribution is 5.85. The maximum absolute atomic E-state index is 13.5. The lowest BCUT2D eigenvalue weighted by Crippen LogP contribution is -2.19. The van der Waals surface area contributed by atoms with Gasteiger partial charge in [-0.2, -0.15) is 0 Å². The van der Waals surface area contributed by atoms with E-state index in [1.165, 1.54) is 31.1 Å². The molecule has 0 aromatic heterocycles. The Morgan fingerprint density at radius 2 is 2.10 bits per heavy atom. The monoisotopic (exact) mass is 279 g/mol. The highest BCUT2D eigenvalue weighted by Gasteiger charge is 2.03. The maximum atomic E-state index is 13.5. The minimum atomic E-state index is -1.03. The molecule has 3 nitrogen and oxygen atoms in total. The Balaban J connectivity index is 2.67. The first kappa shape index (κ1) is 16.4. The first-order chi connectivity index (χ1) is 9.51. The summed E-state index contributed by atoms with van der Waals surface area (Å²) in [7, 11) is 2.01. The molecule has 0 heterocycles. The second-order valence-corrected chi connectivity index (χ2v) is 5.01. The minimum Gasteiger partial charge on any atom is -0.478 e. The van der Waals surface area contributed by atoms with Gasteiger partial charge in [0.2, 0.25) is 0 Å². The number of aliphatic carboxylic acids is 1. The summed E-state index contributed by atoms with van der Waals surface area (Å²) in [6, 6.07) is 4.65. The van der Waals surface area contributed by atoms with Crippen LogP contribution in [0.15, 0.2) is 24.3 Å². The molecule has 0 aliphatic heterocycles. The van der Waals surface area contributed by atoms with Crippen LogP contribution >= 0.6 is 0 Å². The van der Waals surface area contributed by atoms with Gasteiger partial charge >= 0.3 is 5.97 Å². The molecule has 0 fully saturated rings. The lowest BCUT2D eigenvalue weighted by molar-refractivity contribution is -0.131. The third-order valence-electron chi connectivity index (χ3n) is 2.99. The standard InChI is InChI=1S/C16H22FNO2/c1-3-4-5-8-18(2)12-14-9-13(6-7-16(19)20)10-15(17)11-14/h6-7,9-11H,3-5,8,12H2,1-2H3,(H,19,20). The van der Waals surface area contributed by atoms with Crippen LogP contribution in [0.5, 0.6) is 0 Å². The van der Waals surface area contributed by atoms with E-state index in [0.717, 1.165) is 24.6 Å². The number of rotatable bonds is 8. The summed E-state index contributed by atoms with van der Waals surface area (Å²) in [5.41, 5.74) is 1.43. The Labute approximate surface area is 119 Å². The summed E-state index contributed by atoms with van der Waals surface area (Å²) in [4.78, 5) is 12.6. The number of carboxylic acids is 1. The molecule has 110 valence electrons. The van der Waals surface area contributed by atoms with Gasteiger partial charge in [-0.15, -0.1) is 0 Å². The molecule has 0 saturated carbocycles. The smallest absolute Gasteiger partial charge is 0.328 e. The molecule has 1 N–H and O–H groups in total. The number of hydrogen-bond acceptors (Lipinski definition) is 2. The van der Waals surface area contributed by atoms with Crippen LogP contribution in [0.4, 0.5) is 4.39 Å². The van der Waals surface area contributed by atoms with Crippen molar-refractivity contribution in [1.29, 1.82) is 0 Å². The Hall–Kier alpha value is -1.68. The topological polar surface area (TPSA) is 40.5 Å². The van der Waals surface area contributed by atoms with Crippen molar-refractivity contribution in [2.45, 2.75) is 32.7 Å². The average Bonchev–Trinajstić information content (AvgIpc) is 2.36. The number of carboxylic acid groups (broad SMARTS) is 1. The molecular weight excluding hydrogens is 257 g/mol. The molecule has 0 aliphatic carbocycles. The molecule has 4 heteroatoms. The summed E-state index contributed by atoms with van der Waals surface area (Å²) >= 11 is 0. The van der Waals surface area contributed by atoms with Crippen LogP contribution in [0.1, 0.15) is 37.3 Å². The first-order valence-corrected chi connectivity index (χ1v) is 6.90. The number of benzene rings is 1. The molecule has 1 aromatic carbocycles. The van der Waals surface area contributed by atoms with Crippen molar-refractivity contribution in [3.05, 3.63) is 41.2 Å². The summed E-state index contributed by atoms with van der Waals surface area (Å²) < 4.78 is 13.5. The molecule has 1 aromatic rings. The predicted molar refractivity (Wildman–Crippen MR) is 78.9 cm³/mol. The van der Waals surface area contributed by atoms with Gasteiger partial charge in [0.05, 0.1) is 0 Å². The third-order valence-corrected chi connectivity index (χ3v) is 2.99. The van der Waals surface area contributed by atoms with E-state index < -0.39 is 5.97 Å². The van der Waals surface area contributed by atoms with E-state index >= 15 is 0 Å². The van der Waals surface area contributed by atoms with E-state index in [4.69, 9.17) is 5.11 Å². The molecule has 0 aliphatic rings. The molecule has 0 radical (unpaired) electrons. The fourth-order valence-corrected chi connectivity index (χ4v) is 2.05. The van der Waals surface area contributed by atoms with Gasteiger partial charge < -0.3 is 10.0 Å². The van der Waals surface area contributed by atoms with Crippen LogP contribution in [0.25, 0.3) is 6.08 Å². The van der Waals surface area contributed by atoms with Crippen molar-refractivity contribution < 1.29 is 14.3 Å². The molecule has 0 saturated heterocycles. The van der Waals surface area contributed by atoms with E-state index in [1.54, 1.807) is 0 Å². The molecular formula is C16H22FNO2. The Morgan fingerprint density at radius 3 is 2.75 bits per heavy atom. The van der Waals surface area contributed by atoms with Gasteiger partial charge in [0, 0.05) is 12.6 Å². The number of unbranched alkanes of at least 4 members (excludes halogenated alkanes) is 2. The Bertz CT molecular complexity index is 472. The van der Waals surface area contributed by atoms with Crippen molar-refractivity contribution in [3.63, 3.8) is 0 Å². The maximum Gasteiger partial charge on any atom is 0.328 e. The van der Waals surface area contributed by atoms with Crippen LogP contribution in [0.3, 0.4) is 0 Å². The van der Waals surface area contributed by atoms with Gasteiger partial charge in [-0.1, -0.05) is 25.8 Å². The Kier molecular flexibility index (Phi) is 6.94. The third kappa shape index (κ3) is 6.48. The van der Waals surface area contributed by atoms with Crippen molar-refractivity contribution in [1.82, 2.24) is 4.90 Å². The van der Waals surface area contributed by atoms with E-state index in [9.17, 15) is 9.18 Å². The van der Waals surface area contributed by atoms with Crippen molar-refractivity contribution >= 4 is 12.0 Å². The SMILES string of the molecule is CCCCCN(C)Cc1cc(F)cc(C=CC(=O)O)c1. The molecule has 20 heavy (non-hydrogen) atoms. The van der Waals surface area contributed by atoms with Gasteiger partial charge in [0.25, 0.3) is 0 Å². The van der Waals surface area contributed by atoms with Crippen LogP contribution in [-0.2, 0) is 11.3 Å². The largest absolute Gasteiger partial charge is 0.478 e. The zero-order chi connectivity index (χ0) is 15.0. The summed E-state index contributed by atoms with van der Waals surface area (Å²) in [6.07, 6.45) is 5.93. The molecule has 0 bridgehead atoms. The van der Waals surface area contributed by atoms with Gasteiger partial charge in [-0.05, 0) is 49.3 Å². The number of hydrogen-bond donors (Lipinski definition) is 1. The van der Waals surface area contributed by atoms with Crippen molar-refractivity contribution in [3.8, 4) is 0 Å². The summed E-state index contributed by atoms with van der Waals surface area (Å²) in [5.74, 6) is -1.37. The van der Waals surface area contributed by atoms with Gasteiger partial charge in [0.15, 0.2) is 0 Å². The molecule has 0 spiro atoms. The van der Waals surface area contributed by atoms with Crippen LogP contribution in [0.2, 0.25) is 0 Å². The van der Waals surface area contributed by atoms with E-state index in [-0.39, 0.29) is 5.82 Å². The average molecular weight is 279 g/mol. The molecule has 0 amide bonds. The predicted octanol–water partition coefficient (Wildman–Crippen LogP) is 3.55. The first-order valence-electron chi connectivity index (χ1n) is 6.90. The van der Waals surface area contributed by atoms with E-state index in [1.807, 2.05) is 13.1 Å². The molecule has 0 atom stereocenters. The zero-order valence-electron chi connectivity index (χ0n) is 12.1. The zero-order valence-corrected chi connectivity index (χ0v) is 12.1. The fraction of sp³-hybridized carbons (Fsp3) is 0.438. The normalized spacial score (nSPS) is 11.4.